The highest BCUT2D eigenvalue weighted by molar-refractivity contribution is 5.79. The molecule has 19 heavy (non-hydrogen) atoms. The lowest BCUT2D eigenvalue weighted by Crippen LogP contribution is -2.15. The molecule has 6 heteroatoms. The smallest absolute Gasteiger partial charge is 0.300 e. The van der Waals surface area contributed by atoms with Gasteiger partial charge >= 0.3 is 6.18 Å². The normalized spacial score (nSPS) is 21.9. The van der Waals surface area contributed by atoms with Crippen LogP contribution in [0, 0.1) is 0 Å². The summed E-state index contributed by atoms with van der Waals surface area (Å²) in [5, 5.41) is 3.74. The molecule has 3 rings (SSSR count). The molecule has 104 valence electrons. The number of ketones is 1. The molecule has 2 fully saturated rings. The molecule has 0 unspecified atom stereocenters. The van der Waals surface area contributed by atoms with E-state index in [2.05, 4.69) is 5.10 Å². The van der Waals surface area contributed by atoms with Crippen LogP contribution in [0.2, 0.25) is 0 Å². The van der Waals surface area contributed by atoms with E-state index in [1.165, 1.54) is 6.07 Å². The molecule has 0 atom stereocenters. The minimum absolute atomic E-state index is 0.0434. The monoisotopic (exact) mass is 272 g/mol. The van der Waals surface area contributed by atoms with Crippen molar-refractivity contribution in [1.82, 2.24) is 9.78 Å². The first kappa shape index (κ1) is 12.7. The summed E-state index contributed by atoms with van der Waals surface area (Å²) in [6, 6.07) is 1.31. The number of halogens is 3. The second-order valence-corrected chi connectivity index (χ2v) is 5.44. The molecule has 3 nitrogen and oxygen atoms in total. The van der Waals surface area contributed by atoms with E-state index in [1.807, 2.05) is 0 Å². The molecule has 0 N–H and O–H groups in total. The van der Waals surface area contributed by atoms with Gasteiger partial charge in [-0.1, -0.05) is 0 Å². The Hall–Kier alpha value is -1.33. The molecule has 2 saturated carbocycles. The Bertz CT molecular complexity index is 492. The molecule has 1 aromatic heterocycles. The third kappa shape index (κ3) is 2.53. The fourth-order valence-corrected chi connectivity index (χ4v) is 2.70. The van der Waals surface area contributed by atoms with Crippen molar-refractivity contribution >= 4 is 5.78 Å². The number of rotatable bonds is 2. The predicted molar refractivity (Wildman–Crippen MR) is 61.7 cm³/mol. The van der Waals surface area contributed by atoms with Gasteiger partial charge in [0.25, 0.3) is 0 Å². The van der Waals surface area contributed by atoms with Gasteiger partial charge in [0.15, 0.2) is 5.69 Å². The minimum atomic E-state index is -4.39. The van der Waals surface area contributed by atoms with Crippen LogP contribution in [0.15, 0.2) is 6.07 Å². The molecule has 0 aliphatic heterocycles. The Morgan fingerprint density at radius 1 is 1.16 bits per heavy atom. The van der Waals surface area contributed by atoms with Crippen molar-refractivity contribution in [1.29, 1.82) is 0 Å². The summed E-state index contributed by atoms with van der Waals surface area (Å²) in [5.41, 5.74) is -0.131. The number of alkyl halides is 3. The molecule has 0 bridgehead atoms. The van der Waals surface area contributed by atoms with Gasteiger partial charge in [0.1, 0.15) is 5.78 Å². The molecule has 2 aliphatic carbocycles. The number of hydrogen-bond donors (Lipinski definition) is 0. The highest BCUT2D eigenvalue weighted by Crippen LogP contribution is 2.42. The van der Waals surface area contributed by atoms with Crippen molar-refractivity contribution in [2.75, 3.05) is 0 Å². The van der Waals surface area contributed by atoms with Crippen LogP contribution in [-0.2, 0) is 11.0 Å². The van der Waals surface area contributed by atoms with Crippen molar-refractivity contribution < 1.29 is 18.0 Å². The second kappa shape index (κ2) is 4.35. The first-order valence-corrected chi connectivity index (χ1v) is 6.63. The number of Topliss-reactive ketones (excluding diaryl/α,β-unsaturated/α-hetero) is 1. The van der Waals surface area contributed by atoms with Crippen LogP contribution in [-0.4, -0.2) is 15.6 Å². The minimum Gasteiger partial charge on any atom is -0.300 e. The number of hydrogen-bond acceptors (Lipinski definition) is 2. The van der Waals surface area contributed by atoms with E-state index in [9.17, 15) is 18.0 Å². The van der Waals surface area contributed by atoms with E-state index in [-0.39, 0.29) is 17.7 Å². The fraction of sp³-hybridized carbons (Fsp3) is 0.692. The van der Waals surface area contributed by atoms with Crippen molar-refractivity contribution in [3.05, 3.63) is 17.5 Å². The van der Waals surface area contributed by atoms with Gasteiger partial charge in [-0.3, -0.25) is 9.48 Å². The number of aromatic nitrogens is 2. The molecule has 0 amide bonds. The maximum atomic E-state index is 12.8. The van der Waals surface area contributed by atoms with Crippen LogP contribution in [0.1, 0.15) is 61.9 Å². The highest BCUT2D eigenvalue weighted by atomic mass is 19.4. The zero-order chi connectivity index (χ0) is 13.6. The largest absolute Gasteiger partial charge is 0.435 e. The number of carbonyl (C=O) groups excluding carboxylic acids is 1. The van der Waals surface area contributed by atoms with E-state index in [0.29, 0.717) is 31.4 Å². The number of carbonyl (C=O) groups is 1. The van der Waals surface area contributed by atoms with Crippen molar-refractivity contribution in [3.8, 4) is 0 Å². The summed E-state index contributed by atoms with van der Waals surface area (Å²) in [5.74, 6) is 0.256. The topological polar surface area (TPSA) is 34.9 Å². The van der Waals surface area contributed by atoms with Gasteiger partial charge in [-0.2, -0.15) is 18.3 Å². The lowest BCUT2D eigenvalue weighted by Gasteiger charge is -2.21. The van der Waals surface area contributed by atoms with Gasteiger partial charge < -0.3 is 0 Å². The van der Waals surface area contributed by atoms with Crippen molar-refractivity contribution in [2.45, 2.75) is 56.7 Å². The summed E-state index contributed by atoms with van der Waals surface area (Å²) in [4.78, 5) is 11.2. The third-order valence-electron chi connectivity index (χ3n) is 3.91. The Balaban J connectivity index is 1.90. The Labute approximate surface area is 108 Å². The third-order valence-corrected chi connectivity index (χ3v) is 3.91. The molecule has 0 radical (unpaired) electrons. The van der Waals surface area contributed by atoms with E-state index in [1.54, 1.807) is 4.68 Å². The zero-order valence-electron chi connectivity index (χ0n) is 10.4. The SMILES string of the molecule is O=C1CCC(c2cc(C(F)(F)F)nn2C2CC2)CC1. The zero-order valence-corrected chi connectivity index (χ0v) is 10.4. The summed E-state index contributed by atoms with van der Waals surface area (Å²) in [6.45, 7) is 0. The average Bonchev–Trinajstić information content (AvgIpc) is 3.08. The van der Waals surface area contributed by atoms with E-state index < -0.39 is 11.9 Å². The van der Waals surface area contributed by atoms with Gasteiger partial charge in [0.05, 0.1) is 6.04 Å². The Morgan fingerprint density at radius 3 is 2.32 bits per heavy atom. The molecule has 1 aromatic rings. The Kier molecular flexibility index (Phi) is 2.91. The van der Waals surface area contributed by atoms with Gasteiger partial charge in [-0.25, -0.2) is 0 Å². The fourth-order valence-electron chi connectivity index (χ4n) is 2.70. The molecule has 0 aromatic carbocycles. The first-order chi connectivity index (χ1) is 8.95. The van der Waals surface area contributed by atoms with Gasteiger partial charge in [0, 0.05) is 24.5 Å². The quantitative estimate of drug-likeness (QED) is 0.826. The maximum Gasteiger partial charge on any atom is 0.435 e. The van der Waals surface area contributed by atoms with Crippen LogP contribution in [0.25, 0.3) is 0 Å². The molecule has 1 heterocycles. The first-order valence-electron chi connectivity index (χ1n) is 6.63. The molecular formula is C13H15F3N2O. The number of nitrogens with zero attached hydrogens (tertiary/aromatic N) is 2. The summed E-state index contributed by atoms with van der Waals surface area (Å²) >= 11 is 0. The average molecular weight is 272 g/mol. The van der Waals surface area contributed by atoms with E-state index in [0.717, 1.165) is 12.8 Å². The van der Waals surface area contributed by atoms with Crippen LogP contribution in [0.4, 0.5) is 13.2 Å². The van der Waals surface area contributed by atoms with Crippen LogP contribution in [0.5, 0.6) is 0 Å². The molecule has 2 aliphatic rings. The second-order valence-electron chi connectivity index (χ2n) is 5.44. The van der Waals surface area contributed by atoms with Gasteiger partial charge in [-0.05, 0) is 31.7 Å². The molecule has 0 saturated heterocycles. The van der Waals surface area contributed by atoms with Crippen LogP contribution >= 0.6 is 0 Å². The highest BCUT2D eigenvalue weighted by Gasteiger charge is 2.39. The van der Waals surface area contributed by atoms with Crippen molar-refractivity contribution in [3.63, 3.8) is 0 Å². The standard InChI is InChI=1S/C13H15F3N2O/c14-13(15,16)12-7-11(18(17-12)9-3-4-9)8-1-5-10(19)6-2-8/h7-9H,1-6H2. The molecule has 0 spiro atoms. The Morgan fingerprint density at radius 2 is 1.79 bits per heavy atom. The van der Waals surface area contributed by atoms with E-state index >= 15 is 0 Å². The lowest BCUT2D eigenvalue weighted by molar-refractivity contribution is -0.141. The predicted octanol–water partition coefficient (Wildman–Crippen LogP) is 3.46. The van der Waals surface area contributed by atoms with Crippen molar-refractivity contribution in [2.24, 2.45) is 0 Å². The summed E-state index contributed by atoms with van der Waals surface area (Å²) in [6.07, 6.45) is -0.346. The van der Waals surface area contributed by atoms with Gasteiger partial charge in [0.2, 0.25) is 0 Å². The summed E-state index contributed by atoms with van der Waals surface area (Å²) < 4.78 is 39.9. The van der Waals surface area contributed by atoms with Crippen LogP contribution < -0.4 is 0 Å². The van der Waals surface area contributed by atoms with Gasteiger partial charge in [-0.15, -0.1) is 0 Å². The summed E-state index contributed by atoms with van der Waals surface area (Å²) in [7, 11) is 0. The van der Waals surface area contributed by atoms with E-state index in [4.69, 9.17) is 0 Å². The lowest BCUT2D eigenvalue weighted by atomic mass is 9.86. The maximum absolute atomic E-state index is 12.8. The molecular weight excluding hydrogens is 257 g/mol. The van der Waals surface area contributed by atoms with Crippen LogP contribution in [0.3, 0.4) is 0 Å².